The molecule has 0 spiro atoms. The molecular weight excluding hydrogens is 386 g/mol. The summed E-state index contributed by atoms with van der Waals surface area (Å²) in [4.78, 5) is 25.9. The van der Waals surface area contributed by atoms with Crippen LogP contribution in [0.5, 0.6) is 0 Å². The maximum atomic E-state index is 12.5. The molecule has 0 atom stereocenters. The molecule has 0 fully saturated rings. The smallest absolute Gasteiger partial charge is 0.337 e. The highest BCUT2D eigenvalue weighted by atomic mass is 35.5. The van der Waals surface area contributed by atoms with Crippen LogP contribution in [0.25, 0.3) is 0 Å². The lowest BCUT2D eigenvalue weighted by Gasteiger charge is -2.15. The number of esters is 1. The Bertz CT molecular complexity index is 899. The van der Waals surface area contributed by atoms with Crippen LogP contribution in [0.4, 0.5) is 17.2 Å². The van der Waals surface area contributed by atoms with Crippen molar-refractivity contribution in [3.05, 3.63) is 52.8 Å². The summed E-state index contributed by atoms with van der Waals surface area (Å²) in [6.45, 7) is 0.0280. The molecule has 9 nitrogen and oxygen atoms in total. The summed E-state index contributed by atoms with van der Waals surface area (Å²) in [5, 5.41) is 23.1. The predicted octanol–water partition coefficient (Wildman–Crippen LogP) is 1.55. The molecule has 0 unspecified atom stereocenters. The van der Waals surface area contributed by atoms with Gasteiger partial charge >= 0.3 is 5.97 Å². The van der Waals surface area contributed by atoms with E-state index in [1.807, 2.05) is 0 Å². The molecule has 3 N–H and O–H groups in total. The normalized spacial score (nSPS) is 13.7. The molecule has 1 aromatic heterocycles. The number of aliphatic hydroxyl groups excluding tert-OH is 1. The third-order valence-corrected chi connectivity index (χ3v) is 4.21. The van der Waals surface area contributed by atoms with Gasteiger partial charge in [-0.2, -0.15) is 0 Å². The highest BCUT2D eigenvalue weighted by molar-refractivity contribution is 6.29. The largest absolute Gasteiger partial charge is 0.466 e. The maximum absolute atomic E-state index is 12.5. The molecule has 0 saturated carbocycles. The Morgan fingerprint density at radius 3 is 2.43 bits per heavy atom. The zero-order valence-electron chi connectivity index (χ0n) is 15.0. The zero-order valence-corrected chi connectivity index (χ0v) is 15.7. The van der Waals surface area contributed by atoms with Crippen molar-refractivity contribution in [1.29, 1.82) is 0 Å². The Hall–Kier alpha value is -3.17. The molecule has 1 aliphatic rings. The fraction of sp³-hybridized carbons (Fsp3) is 0.222. The lowest BCUT2D eigenvalue weighted by atomic mass is 10.2. The van der Waals surface area contributed by atoms with E-state index in [1.165, 1.54) is 12.0 Å². The van der Waals surface area contributed by atoms with Gasteiger partial charge in [-0.25, -0.2) is 4.79 Å². The van der Waals surface area contributed by atoms with Gasteiger partial charge in [0, 0.05) is 17.9 Å². The Morgan fingerprint density at radius 2 is 1.86 bits per heavy atom. The molecule has 28 heavy (non-hydrogen) atoms. The number of ether oxygens (including phenoxy) is 1. The number of carbonyl (C=O) groups excluding carboxylic acids is 2. The average Bonchev–Trinajstić information content (AvgIpc) is 3.01. The van der Waals surface area contributed by atoms with E-state index >= 15 is 0 Å². The zero-order chi connectivity index (χ0) is 20.1. The number of aromatic nitrogens is 2. The molecule has 0 bridgehead atoms. The van der Waals surface area contributed by atoms with Crippen molar-refractivity contribution in [3.63, 3.8) is 0 Å². The van der Waals surface area contributed by atoms with Crippen molar-refractivity contribution in [2.24, 2.45) is 0 Å². The van der Waals surface area contributed by atoms with Crippen LogP contribution in [-0.4, -0.2) is 58.9 Å². The summed E-state index contributed by atoms with van der Waals surface area (Å²) in [6, 6.07) is 10.4. The summed E-state index contributed by atoms with van der Waals surface area (Å²) in [7, 11) is 1.26. The molecule has 3 rings (SSSR count). The van der Waals surface area contributed by atoms with Gasteiger partial charge in [-0.1, -0.05) is 11.6 Å². The summed E-state index contributed by atoms with van der Waals surface area (Å²) in [5.74, 6) is -0.421. The van der Waals surface area contributed by atoms with E-state index < -0.39 is 5.97 Å². The Balaban J connectivity index is 1.75. The van der Waals surface area contributed by atoms with E-state index in [1.54, 1.807) is 36.4 Å². The number of hydrogen-bond acceptors (Lipinski definition) is 8. The third-order valence-electron chi connectivity index (χ3n) is 4.01. The fourth-order valence-electron chi connectivity index (χ4n) is 2.66. The van der Waals surface area contributed by atoms with Gasteiger partial charge in [0.1, 0.15) is 5.70 Å². The molecule has 1 aliphatic heterocycles. The summed E-state index contributed by atoms with van der Waals surface area (Å²) < 4.78 is 4.76. The lowest BCUT2D eigenvalue weighted by Crippen LogP contribution is -2.31. The minimum absolute atomic E-state index is 0.0866. The van der Waals surface area contributed by atoms with Crippen LogP contribution < -0.4 is 10.6 Å². The molecule has 0 aliphatic carbocycles. The number of carbonyl (C=O) groups is 2. The lowest BCUT2D eigenvalue weighted by molar-refractivity contribution is -0.136. The number of β-amino-alcohol motifs (C(OH)–C–C–N with tert-alkyl or cyclic N) is 1. The number of amides is 1. The Morgan fingerprint density at radius 1 is 1.18 bits per heavy atom. The second kappa shape index (κ2) is 8.68. The van der Waals surface area contributed by atoms with E-state index in [9.17, 15) is 9.59 Å². The standard InChI is InChI=1S/C18H18ClN5O4/c1-28-18(27)13-10-24(8-9-25)17(26)16(13)21-12-4-2-11(3-5-12)20-15-7-6-14(19)22-23-15/h2-7,21,25H,8-10H2,1H3,(H,20,23). The number of halogens is 1. The van der Waals surface area contributed by atoms with Gasteiger partial charge in [0.05, 0.1) is 25.8 Å². The van der Waals surface area contributed by atoms with Gasteiger partial charge in [-0.15, -0.1) is 10.2 Å². The minimum atomic E-state index is -0.587. The maximum Gasteiger partial charge on any atom is 0.337 e. The van der Waals surface area contributed by atoms with Crippen molar-refractivity contribution < 1.29 is 19.4 Å². The molecule has 10 heteroatoms. The summed E-state index contributed by atoms with van der Waals surface area (Å²) in [5.41, 5.74) is 1.73. The van der Waals surface area contributed by atoms with E-state index in [4.69, 9.17) is 21.4 Å². The number of methoxy groups -OCH3 is 1. The number of anilines is 3. The molecule has 146 valence electrons. The van der Waals surface area contributed by atoms with Crippen LogP contribution in [-0.2, 0) is 14.3 Å². The second-order valence-corrected chi connectivity index (χ2v) is 6.25. The predicted molar refractivity (Wildman–Crippen MR) is 103 cm³/mol. The van der Waals surface area contributed by atoms with E-state index in [-0.39, 0.29) is 36.9 Å². The quantitative estimate of drug-likeness (QED) is 0.596. The topological polar surface area (TPSA) is 117 Å². The van der Waals surface area contributed by atoms with Crippen molar-refractivity contribution in [3.8, 4) is 0 Å². The van der Waals surface area contributed by atoms with Crippen LogP contribution in [0.2, 0.25) is 5.15 Å². The second-order valence-electron chi connectivity index (χ2n) is 5.86. The van der Waals surface area contributed by atoms with E-state index in [0.29, 0.717) is 16.7 Å². The SMILES string of the molecule is COC(=O)C1=C(Nc2ccc(Nc3ccc(Cl)nn3)cc2)C(=O)N(CCO)C1. The minimum Gasteiger partial charge on any atom is -0.466 e. The monoisotopic (exact) mass is 403 g/mol. The highest BCUT2D eigenvalue weighted by Crippen LogP contribution is 2.24. The molecular formula is C18H18ClN5O4. The Kier molecular flexibility index (Phi) is 6.07. The van der Waals surface area contributed by atoms with Crippen molar-refractivity contribution in [2.45, 2.75) is 0 Å². The first-order chi connectivity index (χ1) is 13.5. The molecule has 1 aromatic carbocycles. The molecule has 0 saturated heterocycles. The summed E-state index contributed by atoms with van der Waals surface area (Å²) in [6.07, 6.45) is 0. The fourth-order valence-corrected chi connectivity index (χ4v) is 2.76. The molecule has 2 aromatic rings. The first-order valence-electron chi connectivity index (χ1n) is 8.36. The first-order valence-corrected chi connectivity index (χ1v) is 8.74. The van der Waals surface area contributed by atoms with Crippen molar-refractivity contribution >= 4 is 40.7 Å². The molecule has 0 radical (unpaired) electrons. The van der Waals surface area contributed by atoms with Gasteiger partial charge in [0.15, 0.2) is 11.0 Å². The van der Waals surface area contributed by atoms with Crippen molar-refractivity contribution in [2.75, 3.05) is 37.4 Å². The van der Waals surface area contributed by atoms with Gasteiger partial charge in [-0.3, -0.25) is 4.79 Å². The highest BCUT2D eigenvalue weighted by Gasteiger charge is 2.34. The van der Waals surface area contributed by atoms with Gasteiger partial charge in [0.2, 0.25) is 0 Å². The third kappa shape index (κ3) is 4.38. The van der Waals surface area contributed by atoms with Crippen LogP contribution in [0.3, 0.4) is 0 Å². The molecule has 1 amide bonds. The van der Waals surface area contributed by atoms with Gasteiger partial charge < -0.3 is 25.4 Å². The van der Waals surface area contributed by atoms with Crippen molar-refractivity contribution in [1.82, 2.24) is 15.1 Å². The van der Waals surface area contributed by atoms with Crippen LogP contribution in [0.15, 0.2) is 47.7 Å². The first kappa shape index (κ1) is 19.6. The number of benzene rings is 1. The number of nitrogens with one attached hydrogen (secondary N) is 2. The van der Waals surface area contributed by atoms with Gasteiger partial charge in [-0.05, 0) is 36.4 Å². The van der Waals surface area contributed by atoms with Crippen LogP contribution >= 0.6 is 11.6 Å². The average molecular weight is 404 g/mol. The van der Waals surface area contributed by atoms with E-state index in [2.05, 4.69) is 20.8 Å². The number of hydrogen-bond donors (Lipinski definition) is 3. The number of rotatable bonds is 7. The number of nitrogens with zero attached hydrogens (tertiary/aromatic N) is 3. The molecule has 2 heterocycles. The van der Waals surface area contributed by atoms with Gasteiger partial charge in [0.25, 0.3) is 5.91 Å². The van der Waals surface area contributed by atoms with Crippen LogP contribution in [0, 0.1) is 0 Å². The summed E-state index contributed by atoms with van der Waals surface area (Å²) >= 11 is 5.71. The number of aliphatic hydroxyl groups is 1. The van der Waals surface area contributed by atoms with E-state index in [0.717, 1.165) is 5.69 Å². The Labute approximate surface area is 166 Å². The van der Waals surface area contributed by atoms with Crippen LogP contribution in [0.1, 0.15) is 0 Å².